The van der Waals surface area contributed by atoms with Gasteiger partial charge in [0.1, 0.15) is 0 Å². The molecule has 1 aromatic heterocycles. The standard InChI is InChI=1S/C20H29N5S/c1-4-19-23-17(14-26-19)9-11-22-20(21-3)24-16-10-12-25(13-16)18-7-5-15(2)6-8-18/h5-8,14,16H,4,9-13H2,1-3H3,(H2,21,22,24). The quantitative estimate of drug-likeness (QED) is 0.605. The van der Waals surface area contributed by atoms with Crippen molar-refractivity contribution in [1.82, 2.24) is 15.6 Å². The van der Waals surface area contributed by atoms with E-state index in [0.717, 1.165) is 44.9 Å². The first-order chi connectivity index (χ1) is 12.7. The molecule has 6 heteroatoms. The Balaban J connectivity index is 1.44. The van der Waals surface area contributed by atoms with Crippen LogP contribution in [-0.2, 0) is 12.8 Å². The van der Waals surface area contributed by atoms with Crippen molar-refractivity contribution in [2.45, 2.75) is 39.2 Å². The fourth-order valence-corrected chi connectivity index (χ4v) is 3.97. The van der Waals surface area contributed by atoms with Crippen molar-refractivity contribution in [2.75, 3.05) is 31.6 Å². The predicted octanol–water partition coefficient (Wildman–Crippen LogP) is 3.00. The zero-order valence-electron chi connectivity index (χ0n) is 16.0. The van der Waals surface area contributed by atoms with Crippen LogP contribution in [0.1, 0.15) is 29.6 Å². The maximum atomic E-state index is 4.62. The molecule has 5 nitrogen and oxygen atoms in total. The number of aromatic nitrogens is 1. The van der Waals surface area contributed by atoms with Gasteiger partial charge in [-0.15, -0.1) is 11.3 Å². The molecule has 0 saturated carbocycles. The molecule has 1 saturated heterocycles. The van der Waals surface area contributed by atoms with Gasteiger partial charge in [0.2, 0.25) is 0 Å². The molecule has 26 heavy (non-hydrogen) atoms. The minimum atomic E-state index is 0.425. The summed E-state index contributed by atoms with van der Waals surface area (Å²) < 4.78 is 0. The van der Waals surface area contributed by atoms with E-state index in [2.05, 4.69) is 69.0 Å². The summed E-state index contributed by atoms with van der Waals surface area (Å²) in [7, 11) is 1.83. The lowest BCUT2D eigenvalue weighted by Gasteiger charge is -2.20. The second kappa shape index (κ2) is 9.03. The molecule has 0 radical (unpaired) electrons. The Hall–Kier alpha value is -2.08. The summed E-state index contributed by atoms with van der Waals surface area (Å²) in [4.78, 5) is 11.4. The number of guanidine groups is 1. The Morgan fingerprint density at radius 3 is 2.85 bits per heavy atom. The fourth-order valence-electron chi connectivity index (χ4n) is 3.19. The van der Waals surface area contributed by atoms with Crippen molar-refractivity contribution in [2.24, 2.45) is 4.99 Å². The van der Waals surface area contributed by atoms with Crippen molar-refractivity contribution < 1.29 is 0 Å². The van der Waals surface area contributed by atoms with Gasteiger partial charge in [-0.05, 0) is 31.9 Å². The summed E-state index contributed by atoms with van der Waals surface area (Å²) in [5.74, 6) is 0.881. The van der Waals surface area contributed by atoms with Crippen LogP contribution in [0.2, 0.25) is 0 Å². The van der Waals surface area contributed by atoms with Crippen LogP contribution in [0.25, 0.3) is 0 Å². The summed E-state index contributed by atoms with van der Waals surface area (Å²) in [5.41, 5.74) is 3.78. The van der Waals surface area contributed by atoms with E-state index in [4.69, 9.17) is 0 Å². The lowest BCUT2D eigenvalue weighted by Crippen LogP contribution is -2.45. The van der Waals surface area contributed by atoms with Crippen LogP contribution in [0.3, 0.4) is 0 Å². The van der Waals surface area contributed by atoms with Crippen molar-refractivity contribution in [3.05, 3.63) is 45.9 Å². The van der Waals surface area contributed by atoms with Crippen molar-refractivity contribution in [3.63, 3.8) is 0 Å². The van der Waals surface area contributed by atoms with E-state index in [1.807, 2.05) is 7.05 Å². The first-order valence-corrected chi connectivity index (χ1v) is 10.3. The highest BCUT2D eigenvalue weighted by atomic mass is 32.1. The molecule has 2 heterocycles. The smallest absolute Gasteiger partial charge is 0.191 e. The van der Waals surface area contributed by atoms with Crippen LogP contribution < -0.4 is 15.5 Å². The molecule has 0 amide bonds. The summed E-state index contributed by atoms with van der Waals surface area (Å²) in [6.45, 7) is 7.21. The number of anilines is 1. The minimum absolute atomic E-state index is 0.425. The zero-order chi connectivity index (χ0) is 18.4. The molecular formula is C20H29N5S. The number of rotatable bonds is 6. The van der Waals surface area contributed by atoms with E-state index in [1.165, 1.54) is 22.0 Å². The minimum Gasteiger partial charge on any atom is -0.369 e. The molecule has 1 unspecified atom stereocenters. The number of nitrogens with one attached hydrogen (secondary N) is 2. The highest BCUT2D eigenvalue weighted by Crippen LogP contribution is 2.20. The highest BCUT2D eigenvalue weighted by Gasteiger charge is 2.23. The Morgan fingerprint density at radius 1 is 1.35 bits per heavy atom. The summed E-state index contributed by atoms with van der Waals surface area (Å²) in [6.07, 6.45) is 3.07. The molecule has 2 aromatic rings. The monoisotopic (exact) mass is 371 g/mol. The van der Waals surface area contributed by atoms with Gasteiger partial charge < -0.3 is 15.5 Å². The number of aryl methyl sites for hydroxylation is 2. The summed E-state index contributed by atoms with van der Waals surface area (Å²) >= 11 is 1.75. The molecule has 1 aliphatic rings. The van der Waals surface area contributed by atoms with E-state index in [0.29, 0.717) is 6.04 Å². The molecule has 1 atom stereocenters. The first kappa shape index (κ1) is 18.7. The summed E-state index contributed by atoms with van der Waals surface area (Å²) in [6, 6.07) is 9.21. The van der Waals surface area contributed by atoms with Gasteiger partial charge >= 0.3 is 0 Å². The van der Waals surface area contributed by atoms with Crippen LogP contribution in [0.5, 0.6) is 0 Å². The van der Waals surface area contributed by atoms with Crippen molar-refractivity contribution in [3.8, 4) is 0 Å². The van der Waals surface area contributed by atoms with Crippen LogP contribution in [0, 0.1) is 6.92 Å². The predicted molar refractivity (Wildman–Crippen MR) is 111 cm³/mol. The lowest BCUT2D eigenvalue weighted by atomic mass is 10.2. The van der Waals surface area contributed by atoms with Gasteiger partial charge in [-0.1, -0.05) is 24.6 Å². The molecule has 140 valence electrons. The van der Waals surface area contributed by atoms with Crippen LogP contribution in [0.4, 0.5) is 5.69 Å². The molecule has 3 rings (SSSR count). The van der Waals surface area contributed by atoms with Gasteiger partial charge in [-0.2, -0.15) is 0 Å². The average molecular weight is 372 g/mol. The molecule has 0 bridgehead atoms. The third-order valence-electron chi connectivity index (χ3n) is 4.73. The van der Waals surface area contributed by atoms with Crippen LogP contribution >= 0.6 is 11.3 Å². The average Bonchev–Trinajstić information content (AvgIpc) is 3.31. The molecule has 2 N–H and O–H groups in total. The molecule has 1 aliphatic heterocycles. The Bertz CT molecular complexity index is 722. The zero-order valence-corrected chi connectivity index (χ0v) is 16.8. The Labute approximate surface area is 160 Å². The van der Waals surface area contributed by atoms with E-state index >= 15 is 0 Å². The topological polar surface area (TPSA) is 52.6 Å². The molecule has 0 spiro atoms. The summed E-state index contributed by atoms with van der Waals surface area (Å²) in [5, 5.41) is 10.4. The van der Waals surface area contributed by atoms with Crippen molar-refractivity contribution >= 4 is 23.0 Å². The SMILES string of the molecule is CCc1nc(CCNC(=NC)NC2CCN(c3ccc(C)cc3)C2)cs1. The maximum absolute atomic E-state index is 4.62. The third-order valence-corrected chi connectivity index (χ3v) is 5.77. The normalized spacial score (nSPS) is 17.6. The second-order valence-electron chi connectivity index (χ2n) is 6.75. The van der Waals surface area contributed by atoms with Crippen LogP contribution in [0.15, 0.2) is 34.6 Å². The van der Waals surface area contributed by atoms with Gasteiger partial charge in [-0.25, -0.2) is 4.98 Å². The number of hydrogen-bond acceptors (Lipinski definition) is 4. The Kier molecular flexibility index (Phi) is 6.50. The number of benzene rings is 1. The van der Waals surface area contributed by atoms with Gasteiger partial charge in [0.15, 0.2) is 5.96 Å². The van der Waals surface area contributed by atoms with Crippen LogP contribution in [-0.4, -0.2) is 43.7 Å². The second-order valence-corrected chi connectivity index (χ2v) is 7.69. The van der Waals surface area contributed by atoms with Gasteiger partial charge in [0.25, 0.3) is 0 Å². The third kappa shape index (κ3) is 4.97. The van der Waals surface area contributed by atoms with E-state index in [9.17, 15) is 0 Å². The molecule has 0 aliphatic carbocycles. The molecular weight excluding hydrogens is 342 g/mol. The fraction of sp³-hybridized carbons (Fsp3) is 0.500. The number of nitrogens with zero attached hydrogens (tertiary/aromatic N) is 3. The molecule has 1 aromatic carbocycles. The van der Waals surface area contributed by atoms with E-state index in [-0.39, 0.29) is 0 Å². The number of thiazole rings is 1. The highest BCUT2D eigenvalue weighted by molar-refractivity contribution is 7.09. The van der Waals surface area contributed by atoms with Gasteiger partial charge in [-0.3, -0.25) is 4.99 Å². The van der Waals surface area contributed by atoms with E-state index < -0.39 is 0 Å². The van der Waals surface area contributed by atoms with E-state index in [1.54, 1.807) is 11.3 Å². The molecule has 1 fully saturated rings. The lowest BCUT2D eigenvalue weighted by molar-refractivity contribution is 0.647. The Morgan fingerprint density at radius 2 is 2.15 bits per heavy atom. The first-order valence-electron chi connectivity index (χ1n) is 9.40. The number of aliphatic imine (C=N–C) groups is 1. The number of hydrogen-bond donors (Lipinski definition) is 2. The van der Waals surface area contributed by atoms with Gasteiger partial charge in [0, 0.05) is 50.2 Å². The largest absolute Gasteiger partial charge is 0.369 e. The maximum Gasteiger partial charge on any atom is 0.191 e. The van der Waals surface area contributed by atoms with Crippen molar-refractivity contribution in [1.29, 1.82) is 0 Å². The van der Waals surface area contributed by atoms with Gasteiger partial charge in [0.05, 0.1) is 10.7 Å².